The van der Waals surface area contributed by atoms with E-state index in [1.165, 1.54) is 0 Å². The summed E-state index contributed by atoms with van der Waals surface area (Å²) < 4.78 is 0. The second-order valence-electron chi connectivity index (χ2n) is 3.38. The van der Waals surface area contributed by atoms with Crippen LogP contribution in [0.4, 0.5) is 5.69 Å². The Morgan fingerprint density at radius 3 is 2.38 bits per heavy atom. The Labute approximate surface area is 111 Å². The van der Waals surface area contributed by atoms with E-state index in [1.807, 2.05) is 37.3 Å². The summed E-state index contributed by atoms with van der Waals surface area (Å²) in [5.41, 5.74) is 0.778. The first kappa shape index (κ1) is 13.7. The summed E-state index contributed by atoms with van der Waals surface area (Å²) >= 11 is 15.4. The van der Waals surface area contributed by atoms with Crippen molar-refractivity contribution in [2.24, 2.45) is 0 Å². The smallest absolute Gasteiger partial charge is 0.260 e. The number of carbonyl (C=O) groups is 1. The van der Waals surface area contributed by atoms with Crippen LogP contribution >= 0.6 is 35.8 Å². The van der Waals surface area contributed by atoms with Crippen LogP contribution in [0.15, 0.2) is 30.3 Å². The number of halogens is 2. The van der Waals surface area contributed by atoms with Crippen LogP contribution in [0.1, 0.15) is 6.92 Å². The van der Waals surface area contributed by atoms with Gasteiger partial charge in [0.15, 0.2) is 4.84 Å². The molecule has 0 radical (unpaired) electrons. The molecular weight excluding hydrogens is 265 g/mol. The van der Waals surface area contributed by atoms with Crippen LogP contribution in [-0.2, 0) is 4.79 Å². The molecule has 1 aromatic carbocycles. The van der Waals surface area contributed by atoms with Crippen LogP contribution in [0.3, 0.4) is 0 Å². The molecule has 5 heteroatoms. The quantitative estimate of drug-likeness (QED) is 0.662. The molecule has 0 aliphatic carbocycles. The lowest BCUT2D eigenvalue weighted by Crippen LogP contribution is -2.42. The maximum absolute atomic E-state index is 11.9. The first-order chi connectivity index (χ1) is 7.57. The van der Waals surface area contributed by atoms with E-state index in [1.54, 1.807) is 4.90 Å². The zero-order valence-corrected chi connectivity index (χ0v) is 11.2. The zero-order valence-electron chi connectivity index (χ0n) is 8.81. The van der Waals surface area contributed by atoms with Gasteiger partial charge in [-0.2, -0.15) is 12.6 Å². The standard InChI is InChI=1S/C11H13Cl2NOS/c1-8(7-16)14(11(15)10(12)13)9-5-3-2-4-6-9/h2-6,8,10,16H,7H2,1H3/t8-/m0/s1. The number of rotatable bonds is 4. The van der Waals surface area contributed by atoms with Gasteiger partial charge in [-0.05, 0) is 19.1 Å². The summed E-state index contributed by atoms with van der Waals surface area (Å²) in [6.07, 6.45) is 0. The van der Waals surface area contributed by atoms with Gasteiger partial charge in [-0.3, -0.25) is 4.79 Å². The van der Waals surface area contributed by atoms with Gasteiger partial charge in [-0.15, -0.1) is 0 Å². The fourth-order valence-electron chi connectivity index (χ4n) is 1.37. The number of hydrogen-bond acceptors (Lipinski definition) is 2. The van der Waals surface area contributed by atoms with Gasteiger partial charge in [0.2, 0.25) is 0 Å². The van der Waals surface area contributed by atoms with Gasteiger partial charge in [0.1, 0.15) is 0 Å². The van der Waals surface area contributed by atoms with Gasteiger partial charge in [0, 0.05) is 17.5 Å². The molecule has 1 aromatic rings. The molecule has 0 saturated carbocycles. The normalized spacial score (nSPS) is 12.6. The highest BCUT2D eigenvalue weighted by Gasteiger charge is 2.25. The van der Waals surface area contributed by atoms with E-state index in [0.29, 0.717) is 5.75 Å². The van der Waals surface area contributed by atoms with Gasteiger partial charge < -0.3 is 4.90 Å². The Hall–Kier alpha value is -0.380. The van der Waals surface area contributed by atoms with Crippen molar-refractivity contribution in [3.63, 3.8) is 0 Å². The molecule has 0 aliphatic rings. The lowest BCUT2D eigenvalue weighted by atomic mass is 10.2. The molecule has 16 heavy (non-hydrogen) atoms. The molecule has 0 unspecified atom stereocenters. The van der Waals surface area contributed by atoms with E-state index < -0.39 is 4.84 Å². The van der Waals surface area contributed by atoms with Gasteiger partial charge in [-0.25, -0.2) is 0 Å². The van der Waals surface area contributed by atoms with E-state index in [0.717, 1.165) is 5.69 Å². The van der Waals surface area contributed by atoms with E-state index in [-0.39, 0.29) is 11.9 Å². The van der Waals surface area contributed by atoms with E-state index >= 15 is 0 Å². The van der Waals surface area contributed by atoms with Crippen molar-refractivity contribution in [1.29, 1.82) is 0 Å². The molecule has 88 valence electrons. The van der Waals surface area contributed by atoms with Crippen LogP contribution in [-0.4, -0.2) is 22.5 Å². The average molecular weight is 278 g/mol. The number of alkyl halides is 2. The molecule has 0 saturated heterocycles. The van der Waals surface area contributed by atoms with Gasteiger partial charge in [0.25, 0.3) is 5.91 Å². The molecule has 1 amide bonds. The van der Waals surface area contributed by atoms with Crippen molar-refractivity contribution in [3.05, 3.63) is 30.3 Å². The fourth-order valence-corrected chi connectivity index (χ4v) is 1.75. The lowest BCUT2D eigenvalue weighted by molar-refractivity contribution is -0.117. The molecule has 1 rings (SSSR count). The summed E-state index contributed by atoms with van der Waals surface area (Å²) in [4.78, 5) is 12.4. The molecule has 0 bridgehead atoms. The molecule has 0 heterocycles. The molecule has 2 nitrogen and oxygen atoms in total. The summed E-state index contributed by atoms with van der Waals surface area (Å²) in [5, 5.41) is 0. The zero-order chi connectivity index (χ0) is 12.1. The number of carbonyl (C=O) groups excluding carboxylic acids is 1. The molecule has 0 fully saturated rings. The summed E-state index contributed by atoms with van der Waals surface area (Å²) in [7, 11) is 0. The molecule has 1 atom stereocenters. The number of benzene rings is 1. The molecule has 0 aromatic heterocycles. The number of hydrogen-bond donors (Lipinski definition) is 1. The summed E-state index contributed by atoms with van der Waals surface area (Å²) in [5.74, 6) is 0.220. The Morgan fingerprint density at radius 2 is 1.94 bits per heavy atom. The number of amides is 1. The number of anilines is 1. The highest BCUT2D eigenvalue weighted by Crippen LogP contribution is 2.20. The van der Waals surface area contributed by atoms with Gasteiger partial charge in [-0.1, -0.05) is 41.4 Å². The van der Waals surface area contributed by atoms with E-state index in [9.17, 15) is 4.79 Å². The predicted molar refractivity (Wildman–Crippen MR) is 72.7 cm³/mol. The predicted octanol–water partition coefficient (Wildman–Crippen LogP) is 3.14. The number of thiol groups is 1. The summed E-state index contributed by atoms with van der Waals surface area (Å²) in [6, 6.07) is 9.23. The Morgan fingerprint density at radius 1 is 1.38 bits per heavy atom. The van der Waals surface area contributed by atoms with Crippen LogP contribution in [0.25, 0.3) is 0 Å². The van der Waals surface area contributed by atoms with Crippen LogP contribution < -0.4 is 4.90 Å². The molecule has 0 spiro atoms. The van der Waals surface area contributed by atoms with Crippen molar-refractivity contribution >= 4 is 47.4 Å². The monoisotopic (exact) mass is 277 g/mol. The SMILES string of the molecule is C[C@@H](CS)N(C(=O)C(Cl)Cl)c1ccccc1. The van der Waals surface area contributed by atoms with Crippen LogP contribution in [0.5, 0.6) is 0 Å². The minimum absolute atomic E-state index is 0.0572. The Balaban J connectivity index is 3.01. The van der Waals surface area contributed by atoms with E-state index in [4.69, 9.17) is 23.2 Å². The first-order valence-corrected chi connectivity index (χ1v) is 6.35. The van der Waals surface area contributed by atoms with Crippen molar-refractivity contribution < 1.29 is 4.79 Å². The molecule has 0 aliphatic heterocycles. The van der Waals surface area contributed by atoms with Crippen molar-refractivity contribution in [1.82, 2.24) is 0 Å². The highest BCUT2D eigenvalue weighted by atomic mass is 35.5. The third-order valence-corrected chi connectivity index (χ3v) is 3.07. The maximum atomic E-state index is 11.9. The Bertz CT molecular complexity index is 345. The fraction of sp³-hybridized carbons (Fsp3) is 0.364. The van der Waals surface area contributed by atoms with Gasteiger partial charge in [0.05, 0.1) is 0 Å². The van der Waals surface area contributed by atoms with Crippen molar-refractivity contribution in [2.75, 3.05) is 10.7 Å². The minimum Gasteiger partial charge on any atom is -0.306 e. The van der Waals surface area contributed by atoms with E-state index in [2.05, 4.69) is 12.6 Å². The molecular formula is C11H13Cl2NOS. The van der Waals surface area contributed by atoms with Crippen LogP contribution in [0.2, 0.25) is 0 Å². The third-order valence-electron chi connectivity index (χ3n) is 2.16. The number of nitrogens with zero attached hydrogens (tertiary/aromatic N) is 1. The summed E-state index contributed by atoms with van der Waals surface area (Å²) in [6.45, 7) is 1.90. The second-order valence-corrected chi connectivity index (χ2v) is 4.84. The van der Waals surface area contributed by atoms with Crippen molar-refractivity contribution in [2.45, 2.75) is 17.8 Å². The first-order valence-electron chi connectivity index (χ1n) is 4.85. The maximum Gasteiger partial charge on any atom is 0.260 e. The van der Waals surface area contributed by atoms with Crippen LogP contribution in [0, 0.1) is 0 Å². The van der Waals surface area contributed by atoms with Crippen molar-refractivity contribution in [3.8, 4) is 0 Å². The number of para-hydroxylation sites is 1. The van der Waals surface area contributed by atoms with Gasteiger partial charge >= 0.3 is 0 Å². The third kappa shape index (κ3) is 3.30. The lowest BCUT2D eigenvalue weighted by Gasteiger charge is -2.28. The topological polar surface area (TPSA) is 20.3 Å². The average Bonchev–Trinajstić information content (AvgIpc) is 2.30. The minimum atomic E-state index is -1.05. The Kier molecular flexibility index (Phi) is 5.46. The largest absolute Gasteiger partial charge is 0.306 e. The second kappa shape index (κ2) is 6.38. The highest BCUT2D eigenvalue weighted by molar-refractivity contribution is 7.80. The molecule has 0 N–H and O–H groups in total.